The van der Waals surface area contributed by atoms with Crippen LogP contribution in [0.1, 0.15) is 27.7 Å². The van der Waals surface area contributed by atoms with Crippen LogP contribution in [-0.4, -0.2) is 0 Å². The van der Waals surface area contributed by atoms with Gasteiger partial charge >= 0.3 is 0 Å². The third kappa shape index (κ3) is 786. The van der Waals surface area contributed by atoms with Crippen molar-refractivity contribution >= 4 is 0 Å². The van der Waals surface area contributed by atoms with Gasteiger partial charge in [0.15, 0.2) is 0 Å². The Bertz CT molecular complexity index is 9.22. The Hall–Kier alpha value is 0.830. The summed E-state index contributed by atoms with van der Waals surface area (Å²) in [6.45, 7) is 20.0. The number of nitrogens with two attached hydrogens (primary N) is 1. The van der Waals surface area contributed by atoms with Crippen molar-refractivity contribution in [2.45, 2.75) is 27.7 Å². The maximum absolute atomic E-state index is 3.25. The zero-order valence-corrected chi connectivity index (χ0v) is 11.5. The normalized spacial score (nSPS) is 2.40. The Morgan fingerprint density at radius 1 is 0.500 bits per heavy atom. The van der Waals surface area contributed by atoms with Crippen molar-refractivity contribution in [1.29, 1.82) is 0 Å². The fraction of sp³-hybridized carbons (Fsp3) is 0.500. The second-order valence-electron chi connectivity index (χ2n) is 0. The van der Waals surface area contributed by atoms with Gasteiger partial charge in [-0.15, -0.1) is 0 Å². The molecule has 0 fully saturated rings. The Kier molecular flexibility index (Phi) is 4990. The molecule has 0 radical (unpaired) electrons. The summed E-state index contributed by atoms with van der Waals surface area (Å²) in [5.74, 6) is 0. The molecule has 0 rings (SSSR count). The number of hydrogen-bond acceptors (Lipinski definition) is 0. The maximum Gasteiger partial charge on any atom is 0 e. The molecule has 0 saturated carbocycles. The molecular formula is C8H22HfN-5. The third-order valence-electron chi connectivity index (χ3n) is 0. The van der Waals surface area contributed by atoms with E-state index >= 15 is 0 Å². The third-order valence-corrected chi connectivity index (χ3v) is 0. The zero-order chi connectivity index (χ0) is 8.00. The monoisotopic (exact) mass is 312 g/mol. The summed E-state index contributed by atoms with van der Waals surface area (Å²) in [4.78, 5) is 0. The summed E-state index contributed by atoms with van der Waals surface area (Å²) < 4.78 is 0. The predicted molar refractivity (Wildman–Crippen MR) is 49.4 cm³/mol. The minimum Gasteiger partial charge on any atom is -0.693 e. The topological polar surface area (TPSA) is 33.5 Å². The Labute approximate surface area is 87.4 Å². The van der Waals surface area contributed by atoms with Crippen LogP contribution in [0.25, 0.3) is 6.15 Å². The molecule has 0 bridgehead atoms. The summed E-state index contributed by atoms with van der Waals surface area (Å²) in [6.07, 6.45) is 0. The fourth-order valence-corrected chi connectivity index (χ4v) is 0. The molecule has 0 aromatic carbocycles. The number of rotatable bonds is 0. The van der Waals surface area contributed by atoms with E-state index in [-0.39, 0.29) is 32.0 Å². The van der Waals surface area contributed by atoms with Crippen molar-refractivity contribution in [3.05, 3.63) is 33.8 Å². The minimum absolute atomic E-state index is 0. The molecule has 0 aromatic heterocycles. The van der Waals surface area contributed by atoms with Crippen molar-refractivity contribution in [2.24, 2.45) is 0 Å². The van der Waals surface area contributed by atoms with Crippen LogP contribution in [0, 0.1) is 27.7 Å². The van der Waals surface area contributed by atoms with E-state index < -0.39 is 0 Å². The molecule has 0 aromatic rings. The Morgan fingerprint density at radius 3 is 0.500 bits per heavy atom. The molecule has 0 aliphatic carbocycles. The minimum atomic E-state index is 0. The second kappa shape index (κ2) is 1110. The molecule has 1 nitrogen and oxygen atoms in total. The average Bonchev–Trinajstić information content (AvgIpc) is 2.03. The molecule has 0 amide bonds. The quantitative estimate of drug-likeness (QED) is 0.477. The SMILES string of the molecule is [CH2-]C.[CH2-]C.[CH2-]C.[CH2-]C.[Hf].[NH2-]. The van der Waals surface area contributed by atoms with Crippen LogP contribution in [0.5, 0.6) is 0 Å². The van der Waals surface area contributed by atoms with Crippen LogP contribution in [0.3, 0.4) is 0 Å². The van der Waals surface area contributed by atoms with Crippen LogP contribution >= 0.6 is 0 Å². The first-order valence-corrected chi connectivity index (χ1v) is 2.83. The van der Waals surface area contributed by atoms with Crippen LogP contribution < -0.4 is 0 Å². The molecule has 68 valence electrons. The van der Waals surface area contributed by atoms with E-state index in [4.69, 9.17) is 0 Å². The van der Waals surface area contributed by atoms with Crippen LogP contribution in [-0.2, 0) is 25.8 Å². The largest absolute Gasteiger partial charge is 0.693 e. The van der Waals surface area contributed by atoms with E-state index in [2.05, 4.69) is 27.7 Å². The van der Waals surface area contributed by atoms with Crippen LogP contribution in [0.4, 0.5) is 0 Å². The van der Waals surface area contributed by atoms with Gasteiger partial charge in [0.05, 0.1) is 0 Å². The van der Waals surface area contributed by atoms with Gasteiger partial charge in [0, 0.05) is 25.8 Å². The van der Waals surface area contributed by atoms with Gasteiger partial charge in [0.25, 0.3) is 0 Å². The van der Waals surface area contributed by atoms with Crippen molar-refractivity contribution in [1.82, 2.24) is 0 Å². The van der Waals surface area contributed by atoms with Gasteiger partial charge in [-0.1, -0.05) is 0 Å². The summed E-state index contributed by atoms with van der Waals surface area (Å²) in [5.41, 5.74) is 0. The molecule has 2 heteroatoms. The second-order valence-corrected chi connectivity index (χ2v) is 0. The van der Waals surface area contributed by atoms with Gasteiger partial charge in [-0.05, 0) is 0 Å². The first-order valence-electron chi connectivity index (χ1n) is 2.83. The van der Waals surface area contributed by atoms with Crippen LogP contribution in [0.2, 0.25) is 0 Å². The van der Waals surface area contributed by atoms with Crippen molar-refractivity contribution in [3.8, 4) is 0 Å². The Balaban J connectivity index is -0.00000000500. The molecule has 0 unspecified atom stereocenters. The zero-order valence-electron chi connectivity index (χ0n) is 7.91. The maximum atomic E-state index is 3.25. The molecule has 0 saturated heterocycles. The van der Waals surface area contributed by atoms with E-state index in [9.17, 15) is 0 Å². The number of hydrogen-bond donors (Lipinski definition) is 0. The molecule has 0 aliphatic rings. The van der Waals surface area contributed by atoms with Gasteiger partial charge in [0.2, 0.25) is 0 Å². The van der Waals surface area contributed by atoms with Crippen molar-refractivity contribution < 1.29 is 25.8 Å². The van der Waals surface area contributed by atoms with Crippen molar-refractivity contribution in [3.63, 3.8) is 0 Å². The summed E-state index contributed by atoms with van der Waals surface area (Å²) in [6, 6.07) is 0. The van der Waals surface area contributed by atoms with Gasteiger partial charge in [-0.3, -0.25) is 0 Å². The van der Waals surface area contributed by atoms with E-state index in [1.165, 1.54) is 0 Å². The summed E-state index contributed by atoms with van der Waals surface area (Å²) in [5, 5.41) is 0. The average molecular weight is 311 g/mol. The van der Waals surface area contributed by atoms with Crippen molar-refractivity contribution in [2.75, 3.05) is 0 Å². The first kappa shape index (κ1) is 44.9. The predicted octanol–water partition coefficient (Wildman–Crippen LogP) is 4.08. The molecule has 0 heterocycles. The molecule has 10 heavy (non-hydrogen) atoms. The van der Waals surface area contributed by atoms with Gasteiger partial charge in [-0.2, -0.15) is 27.7 Å². The van der Waals surface area contributed by atoms with Gasteiger partial charge in [-0.25, -0.2) is 0 Å². The standard InChI is InChI=1S/4C2H5.Hf.H2N/c4*1-2;;/h4*1H2,2H3;;1H2/q4*-1;;-1. The molecule has 0 aliphatic heterocycles. The molecule has 2 N–H and O–H groups in total. The smallest absolute Gasteiger partial charge is 0 e. The molecular weight excluding hydrogens is 289 g/mol. The van der Waals surface area contributed by atoms with Gasteiger partial charge in [0.1, 0.15) is 0 Å². The Morgan fingerprint density at radius 2 is 0.500 bits per heavy atom. The summed E-state index contributed by atoms with van der Waals surface area (Å²) >= 11 is 0. The molecule has 0 atom stereocenters. The van der Waals surface area contributed by atoms with E-state index in [0.29, 0.717) is 0 Å². The van der Waals surface area contributed by atoms with Gasteiger partial charge < -0.3 is 33.8 Å². The summed E-state index contributed by atoms with van der Waals surface area (Å²) in [7, 11) is 0. The van der Waals surface area contributed by atoms with Crippen LogP contribution in [0.15, 0.2) is 0 Å². The fourth-order valence-electron chi connectivity index (χ4n) is 0. The van der Waals surface area contributed by atoms with E-state index in [1.807, 2.05) is 0 Å². The first-order chi connectivity index (χ1) is 4.00. The van der Waals surface area contributed by atoms with E-state index in [1.54, 1.807) is 27.7 Å². The van der Waals surface area contributed by atoms with E-state index in [0.717, 1.165) is 0 Å². The molecule has 0 spiro atoms.